The highest BCUT2D eigenvalue weighted by Crippen LogP contribution is 2.19. The fourth-order valence-electron chi connectivity index (χ4n) is 2.81. The van der Waals surface area contributed by atoms with Crippen LogP contribution in [0.5, 0.6) is 5.75 Å². The second kappa shape index (κ2) is 7.74. The predicted octanol–water partition coefficient (Wildman–Crippen LogP) is 1.33. The highest BCUT2D eigenvalue weighted by atomic mass is 16.5. The first-order valence-electron chi connectivity index (χ1n) is 8.28. The standard InChI is InChI=1S/C20H20N2O4/c1-13-6-2-5-9-18(13)26-12-19(23)22-17(20(24)25)10-14-11-21-16-8-4-3-7-15(14)16/h2-9,11,17,21H,10,12H2,1H3,(H,22,23)(H,24,25)/p-1. The van der Waals surface area contributed by atoms with Gasteiger partial charge in [0.15, 0.2) is 6.61 Å². The summed E-state index contributed by atoms with van der Waals surface area (Å²) < 4.78 is 5.45. The molecule has 2 N–H and O–H groups in total. The number of carboxylic acids is 1. The lowest BCUT2D eigenvalue weighted by Gasteiger charge is -2.20. The number of nitrogens with one attached hydrogen (secondary N) is 2. The van der Waals surface area contributed by atoms with Crippen molar-refractivity contribution in [2.45, 2.75) is 19.4 Å². The van der Waals surface area contributed by atoms with Gasteiger partial charge < -0.3 is 24.9 Å². The highest BCUT2D eigenvalue weighted by Gasteiger charge is 2.17. The molecule has 0 aliphatic carbocycles. The van der Waals surface area contributed by atoms with E-state index in [0.717, 1.165) is 22.0 Å². The number of aromatic amines is 1. The molecule has 1 amide bonds. The molecule has 0 aliphatic rings. The lowest BCUT2D eigenvalue weighted by atomic mass is 10.1. The molecule has 134 valence electrons. The van der Waals surface area contributed by atoms with Gasteiger partial charge in [-0.3, -0.25) is 4.79 Å². The number of H-pyrrole nitrogens is 1. The van der Waals surface area contributed by atoms with E-state index >= 15 is 0 Å². The molecule has 3 rings (SSSR count). The zero-order valence-electron chi connectivity index (χ0n) is 14.3. The van der Waals surface area contributed by atoms with Crippen LogP contribution in [0.1, 0.15) is 11.1 Å². The SMILES string of the molecule is Cc1ccccc1OCC(=O)NC(Cc1c[nH]c2ccccc12)C(=O)[O-]. The van der Waals surface area contributed by atoms with Gasteiger partial charge in [-0.2, -0.15) is 0 Å². The molecule has 1 atom stereocenters. The summed E-state index contributed by atoms with van der Waals surface area (Å²) in [6.07, 6.45) is 1.87. The lowest BCUT2D eigenvalue weighted by molar-refractivity contribution is -0.308. The van der Waals surface area contributed by atoms with Crippen LogP contribution >= 0.6 is 0 Å². The maximum Gasteiger partial charge on any atom is 0.258 e. The van der Waals surface area contributed by atoms with Gasteiger partial charge in [0.05, 0.1) is 12.0 Å². The zero-order chi connectivity index (χ0) is 18.5. The second-order valence-electron chi connectivity index (χ2n) is 6.06. The molecule has 0 saturated heterocycles. The Kier molecular flexibility index (Phi) is 5.22. The summed E-state index contributed by atoms with van der Waals surface area (Å²) in [4.78, 5) is 26.6. The Morgan fingerprint density at radius 3 is 2.65 bits per heavy atom. The van der Waals surface area contributed by atoms with Gasteiger partial charge in [0, 0.05) is 23.5 Å². The summed E-state index contributed by atoms with van der Waals surface area (Å²) >= 11 is 0. The molecule has 1 heterocycles. The van der Waals surface area contributed by atoms with E-state index in [2.05, 4.69) is 10.3 Å². The summed E-state index contributed by atoms with van der Waals surface area (Å²) in [6, 6.07) is 13.7. The van der Waals surface area contributed by atoms with Crippen LogP contribution in [0.25, 0.3) is 10.9 Å². The number of aromatic nitrogens is 1. The summed E-state index contributed by atoms with van der Waals surface area (Å²) in [5.74, 6) is -1.26. The topological polar surface area (TPSA) is 94.2 Å². The first-order valence-corrected chi connectivity index (χ1v) is 8.28. The fourth-order valence-corrected chi connectivity index (χ4v) is 2.81. The number of carbonyl (C=O) groups excluding carboxylic acids is 2. The molecule has 0 bridgehead atoms. The number of aliphatic carboxylic acids is 1. The number of para-hydroxylation sites is 2. The Bertz CT molecular complexity index is 932. The molecule has 0 aliphatic heterocycles. The molecule has 6 nitrogen and oxygen atoms in total. The minimum Gasteiger partial charge on any atom is -0.548 e. The Morgan fingerprint density at radius 1 is 1.15 bits per heavy atom. The number of amides is 1. The molecule has 26 heavy (non-hydrogen) atoms. The van der Waals surface area contributed by atoms with Crippen LogP contribution < -0.4 is 15.2 Å². The highest BCUT2D eigenvalue weighted by molar-refractivity contribution is 5.86. The quantitative estimate of drug-likeness (QED) is 0.671. The van der Waals surface area contributed by atoms with Crippen molar-refractivity contribution in [3.8, 4) is 5.75 Å². The molecule has 1 aromatic heterocycles. The van der Waals surface area contributed by atoms with Crippen LogP contribution in [0.15, 0.2) is 54.7 Å². The average molecular weight is 351 g/mol. The molecule has 2 aromatic carbocycles. The van der Waals surface area contributed by atoms with Crippen LogP contribution in [0.2, 0.25) is 0 Å². The van der Waals surface area contributed by atoms with Crippen molar-refractivity contribution in [2.75, 3.05) is 6.61 Å². The maximum absolute atomic E-state index is 12.1. The van der Waals surface area contributed by atoms with Crippen molar-refractivity contribution in [1.29, 1.82) is 0 Å². The van der Waals surface area contributed by atoms with E-state index in [9.17, 15) is 14.7 Å². The summed E-state index contributed by atoms with van der Waals surface area (Å²) in [5, 5.41) is 14.8. The number of ether oxygens (including phenoxy) is 1. The van der Waals surface area contributed by atoms with Crippen molar-refractivity contribution in [3.05, 3.63) is 65.9 Å². The zero-order valence-corrected chi connectivity index (χ0v) is 14.3. The summed E-state index contributed by atoms with van der Waals surface area (Å²) in [5.41, 5.74) is 2.61. The van der Waals surface area contributed by atoms with Gasteiger partial charge >= 0.3 is 0 Å². The molecular formula is C20H19N2O4-. The fraction of sp³-hybridized carbons (Fsp3) is 0.200. The van der Waals surface area contributed by atoms with E-state index in [0.29, 0.717) is 5.75 Å². The van der Waals surface area contributed by atoms with Gasteiger partial charge in [-0.05, 0) is 30.2 Å². The molecule has 0 saturated carbocycles. The van der Waals surface area contributed by atoms with Crippen LogP contribution in [0.4, 0.5) is 0 Å². The first kappa shape index (κ1) is 17.5. The van der Waals surface area contributed by atoms with Crippen molar-refractivity contribution in [3.63, 3.8) is 0 Å². The third kappa shape index (κ3) is 4.03. The number of benzene rings is 2. The Balaban J connectivity index is 1.64. The van der Waals surface area contributed by atoms with Crippen LogP contribution in [-0.4, -0.2) is 29.5 Å². The molecule has 0 fully saturated rings. The van der Waals surface area contributed by atoms with E-state index in [1.807, 2.05) is 43.3 Å². The maximum atomic E-state index is 12.1. The number of hydrogen-bond acceptors (Lipinski definition) is 4. The van der Waals surface area contributed by atoms with Crippen molar-refractivity contribution >= 4 is 22.8 Å². The van der Waals surface area contributed by atoms with Crippen LogP contribution in [0, 0.1) is 6.92 Å². The third-order valence-electron chi connectivity index (χ3n) is 4.17. The van der Waals surface area contributed by atoms with E-state index in [4.69, 9.17) is 4.74 Å². The number of carboxylic acid groups (broad SMARTS) is 1. The largest absolute Gasteiger partial charge is 0.548 e. The number of fused-ring (bicyclic) bond motifs is 1. The molecule has 0 radical (unpaired) electrons. The second-order valence-corrected chi connectivity index (χ2v) is 6.06. The van der Waals surface area contributed by atoms with Crippen LogP contribution in [-0.2, 0) is 16.0 Å². The lowest BCUT2D eigenvalue weighted by Crippen LogP contribution is -2.50. The van der Waals surface area contributed by atoms with Gasteiger partial charge in [-0.1, -0.05) is 36.4 Å². The Morgan fingerprint density at radius 2 is 1.88 bits per heavy atom. The third-order valence-corrected chi connectivity index (χ3v) is 4.17. The van der Waals surface area contributed by atoms with Crippen LogP contribution in [0.3, 0.4) is 0 Å². The number of rotatable bonds is 7. The predicted molar refractivity (Wildman–Crippen MR) is 95.6 cm³/mol. The summed E-state index contributed by atoms with van der Waals surface area (Å²) in [7, 11) is 0. The van der Waals surface area contributed by atoms with E-state index < -0.39 is 17.9 Å². The van der Waals surface area contributed by atoms with E-state index in [1.165, 1.54) is 0 Å². The van der Waals surface area contributed by atoms with Crippen molar-refractivity contribution in [1.82, 2.24) is 10.3 Å². The van der Waals surface area contributed by atoms with Crippen molar-refractivity contribution < 1.29 is 19.4 Å². The molecular weight excluding hydrogens is 332 g/mol. The van der Waals surface area contributed by atoms with E-state index in [-0.39, 0.29) is 13.0 Å². The average Bonchev–Trinajstić information content (AvgIpc) is 3.03. The molecule has 6 heteroatoms. The number of hydrogen-bond donors (Lipinski definition) is 2. The monoisotopic (exact) mass is 351 g/mol. The smallest absolute Gasteiger partial charge is 0.258 e. The first-order chi connectivity index (χ1) is 12.5. The minimum atomic E-state index is -1.33. The minimum absolute atomic E-state index is 0.127. The Hall–Kier alpha value is -3.28. The summed E-state index contributed by atoms with van der Waals surface area (Å²) in [6.45, 7) is 1.61. The van der Waals surface area contributed by atoms with Gasteiger partial charge in [0.25, 0.3) is 5.91 Å². The van der Waals surface area contributed by atoms with Gasteiger partial charge in [0.1, 0.15) is 5.75 Å². The molecule has 1 unspecified atom stereocenters. The number of aryl methyl sites for hydroxylation is 1. The van der Waals surface area contributed by atoms with Gasteiger partial charge in [0.2, 0.25) is 0 Å². The van der Waals surface area contributed by atoms with Crippen molar-refractivity contribution in [2.24, 2.45) is 0 Å². The molecule has 0 spiro atoms. The van der Waals surface area contributed by atoms with E-state index in [1.54, 1.807) is 18.3 Å². The normalized spacial score (nSPS) is 11.9. The van der Waals surface area contributed by atoms with Gasteiger partial charge in [-0.15, -0.1) is 0 Å². The molecule has 3 aromatic rings. The number of carbonyl (C=O) groups is 2. The Labute approximate surface area is 150 Å². The van der Waals surface area contributed by atoms with Gasteiger partial charge in [-0.25, -0.2) is 0 Å².